The molecule has 0 aliphatic carbocycles. The summed E-state index contributed by atoms with van der Waals surface area (Å²) in [5.74, 6) is -0.701. The van der Waals surface area contributed by atoms with E-state index in [1.165, 1.54) is 0 Å². The van der Waals surface area contributed by atoms with Crippen molar-refractivity contribution >= 4 is 17.8 Å². The summed E-state index contributed by atoms with van der Waals surface area (Å²) in [7, 11) is 0. The molecule has 148 valence electrons. The van der Waals surface area contributed by atoms with E-state index in [2.05, 4.69) is 15.7 Å². The van der Waals surface area contributed by atoms with Crippen LogP contribution in [-0.4, -0.2) is 51.2 Å². The van der Waals surface area contributed by atoms with E-state index >= 15 is 0 Å². The summed E-state index contributed by atoms with van der Waals surface area (Å²) in [6.07, 6.45) is 3.42. The van der Waals surface area contributed by atoms with Crippen LogP contribution in [-0.2, 0) is 16.0 Å². The first-order valence-corrected chi connectivity index (χ1v) is 9.50. The lowest BCUT2D eigenvalue weighted by molar-refractivity contribution is -0.135. The van der Waals surface area contributed by atoms with Crippen molar-refractivity contribution in [3.63, 3.8) is 0 Å². The lowest BCUT2D eigenvalue weighted by Gasteiger charge is -2.22. The summed E-state index contributed by atoms with van der Waals surface area (Å²) in [6, 6.07) is 11.1. The number of urea groups is 1. The molecule has 1 aliphatic rings. The molecule has 0 bridgehead atoms. The number of nitrogens with zero attached hydrogens (tertiary/aromatic N) is 3. The number of para-hydroxylation sites is 1. The second-order valence-electron chi connectivity index (χ2n) is 6.80. The number of aromatic nitrogens is 2. The molecular formula is C20H25N5O3. The molecule has 0 atom stereocenters. The van der Waals surface area contributed by atoms with Gasteiger partial charge in [0.1, 0.15) is 12.1 Å². The van der Waals surface area contributed by atoms with Crippen LogP contribution in [0.1, 0.15) is 32.4 Å². The van der Waals surface area contributed by atoms with Gasteiger partial charge in [-0.05, 0) is 31.0 Å². The van der Waals surface area contributed by atoms with Crippen LogP contribution < -0.4 is 10.6 Å². The minimum atomic E-state index is -0.887. The average Bonchev–Trinajstić information content (AvgIpc) is 3.27. The van der Waals surface area contributed by atoms with E-state index in [1.807, 2.05) is 56.4 Å². The number of benzene rings is 1. The van der Waals surface area contributed by atoms with E-state index in [1.54, 1.807) is 4.68 Å². The molecule has 0 spiro atoms. The standard InChI is InChI=1S/C20H25N5O3/c1-3-20(4-2)18(27)24(19(28)22-20)14-17(26)21-12-10-15-11-13-25(23-15)16-8-6-5-7-9-16/h5-9,11,13H,3-4,10,12,14H2,1-2H3,(H,21,26)(H,22,28). The zero-order valence-electron chi connectivity index (χ0n) is 16.1. The summed E-state index contributed by atoms with van der Waals surface area (Å²) in [4.78, 5) is 37.8. The Kier molecular flexibility index (Phi) is 5.77. The SMILES string of the molecule is CCC1(CC)NC(=O)N(CC(=O)NCCc2ccn(-c3ccccc3)n2)C1=O. The lowest BCUT2D eigenvalue weighted by Crippen LogP contribution is -2.46. The minimum absolute atomic E-state index is 0.273. The van der Waals surface area contributed by atoms with Crippen LogP contribution in [0.5, 0.6) is 0 Å². The second kappa shape index (κ2) is 8.24. The van der Waals surface area contributed by atoms with Crippen LogP contribution in [0, 0.1) is 0 Å². The number of carbonyl (C=O) groups excluding carboxylic acids is 3. The molecule has 4 amide bonds. The molecule has 2 N–H and O–H groups in total. The topological polar surface area (TPSA) is 96.3 Å². The highest BCUT2D eigenvalue weighted by atomic mass is 16.2. The minimum Gasteiger partial charge on any atom is -0.354 e. The molecule has 1 aliphatic heterocycles. The molecule has 1 aromatic carbocycles. The van der Waals surface area contributed by atoms with Gasteiger partial charge in [-0.3, -0.25) is 14.5 Å². The van der Waals surface area contributed by atoms with Gasteiger partial charge in [0.05, 0.1) is 11.4 Å². The monoisotopic (exact) mass is 383 g/mol. The third-order valence-corrected chi connectivity index (χ3v) is 5.12. The smallest absolute Gasteiger partial charge is 0.325 e. The van der Waals surface area contributed by atoms with E-state index < -0.39 is 11.6 Å². The molecule has 8 heteroatoms. The zero-order valence-corrected chi connectivity index (χ0v) is 16.1. The van der Waals surface area contributed by atoms with Gasteiger partial charge >= 0.3 is 6.03 Å². The van der Waals surface area contributed by atoms with Gasteiger partial charge < -0.3 is 10.6 Å². The van der Waals surface area contributed by atoms with Crippen LogP contribution in [0.3, 0.4) is 0 Å². The Bertz CT molecular complexity index is 858. The van der Waals surface area contributed by atoms with Gasteiger partial charge in [0.2, 0.25) is 5.91 Å². The Balaban J connectivity index is 1.50. The van der Waals surface area contributed by atoms with Crippen molar-refractivity contribution in [1.29, 1.82) is 0 Å². The number of carbonyl (C=O) groups is 3. The number of imide groups is 1. The first-order valence-electron chi connectivity index (χ1n) is 9.50. The van der Waals surface area contributed by atoms with Gasteiger partial charge in [0.25, 0.3) is 5.91 Å². The Morgan fingerprint density at radius 2 is 1.86 bits per heavy atom. The third kappa shape index (κ3) is 3.90. The summed E-state index contributed by atoms with van der Waals surface area (Å²) < 4.78 is 1.78. The van der Waals surface area contributed by atoms with E-state index in [9.17, 15) is 14.4 Å². The third-order valence-electron chi connectivity index (χ3n) is 5.12. The molecule has 0 unspecified atom stereocenters. The summed E-state index contributed by atoms with van der Waals surface area (Å²) >= 11 is 0. The van der Waals surface area contributed by atoms with Crippen LogP contribution in [0.2, 0.25) is 0 Å². The molecule has 0 saturated carbocycles. The fourth-order valence-corrected chi connectivity index (χ4v) is 3.30. The molecule has 8 nitrogen and oxygen atoms in total. The zero-order chi connectivity index (χ0) is 20.1. The van der Waals surface area contributed by atoms with Gasteiger partial charge in [-0.15, -0.1) is 0 Å². The predicted octanol–water partition coefficient (Wildman–Crippen LogP) is 1.64. The summed E-state index contributed by atoms with van der Waals surface area (Å²) in [5, 5.41) is 9.95. The molecule has 0 radical (unpaired) electrons. The maximum Gasteiger partial charge on any atom is 0.325 e. The van der Waals surface area contributed by atoms with E-state index in [-0.39, 0.29) is 18.4 Å². The number of hydrogen-bond donors (Lipinski definition) is 2. The first-order chi connectivity index (χ1) is 13.5. The first kappa shape index (κ1) is 19.6. The van der Waals surface area contributed by atoms with Gasteiger partial charge in [-0.2, -0.15) is 5.10 Å². The highest BCUT2D eigenvalue weighted by molar-refractivity contribution is 6.08. The molecule has 28 heavy (non-hydrogen) atoms. The van der Waals surface area contributed by atoms with Crippen molar-refractivity contribution in [2.45, 2.75) is 38.6 Å². The van der Waals surface area contributed by atoms with Crippen molar-refractivity contribution in [3.8, 4) is 5.69 Å². The van der Waals surface area contributed by atoms with Gasteiger partial charge in [0.15, 0.2) is 0 Å². The largest absolute Gasteiger partial charge is 0.354 e. The number of hydrogen-bond acceptors (Lipinski definition) is 4. The highest BCUT2D eigenvalue weighted by Gasteiger charge is 2.49. The van der Waals surface area contributed by atoms with Crippen molar-refractivity contribution in [2.24, 2.45) is 0 Å². The Labute approximate surface area is 163 Å². The fourth-order valence-electron chi connectivity index (χ4n) is 3.30. The van der Waals surface area contributed by atoms with Gasteiger partial charge in [0, 0.05) is 19.2 Å². The number of amides is 4. The van der Waals surface area contributed by atoms with E-state index in [0.717, 1.165) is 16.3 Å². The molecule has 1 fully saturated rings. The summed E-state index contributed by atoms with van der Waals surface area (Å²) in [6.45, 7) is 3.80. The van der Waals surface area contributed by atoms with Crippen LogP contribution in [0.4, 0.5) is 4.79 Å². The predicted molar refractivity (Wildman–Crippen MR) is 104 cm³/mol. The molecule has 3 rings (SSSR count). The fraction of sp³-hybridized carbons (Fsp3) is 0.400. The summed E-state index contributed by atoms with van der Waals surface area (Å²) in [5.41, 5.74) is 0.920. The Hall–Kier alpha value is -3.16. The van der Waals surface area contributed by atoms with Gasteiger partial charge in [-0.1, -0.05) is 32.0 Å². The van der Waals surface area contributed by atoms with Crippen molar-refractivity contribution in [2.75, 3.05) is 13.1 Å². The maximum absolute atomic E-state index is 12.5. The molecule has 2 aromatic rings. The van der Waals surface area contributed by atoms with Crippen LogP contribution in [0.15, 0.2) is 42.6 Å². The van der Waals surface area contributed by atoms with Crippen molar-refractivity contribution in [1.82, 2.24) is 25.3 Å². The van der Waals surface area contributed by atoms with E-state index in [0.29, 0.717) is 25.8 Å². The molecular weight excluding hydrogens is 358 g/mol. The molecule has 1 aromatic heterocycles. The maximum atomic E-state index is 12.5. The quantitative estimate of drug-likeness (QED) is 0.678. The van der Waals surface area contributed by atoms with Crippen molar-refractivity contribution < 1.29 is 14.4 Å². The second-order valence-corrected chi connectivity index (χ2v) is 6.80. The van der Waals surface area contributed by atoms with Crippen molar-refractivity contribution in [3.05, 3.63) is 48.3 Å². The Morgan fingerprint density at radius 1 is 1.14 bits per heavy atom. The van der Waals surface area contributed by atoms with Crippen LogP contribution >= 0.6 is 0 Å². The Morgan fingerprint density at radius 3 is 2.50 bits per heavy atom. The van der Waals surface area contributed by atoms with E-state index in [4.69, 9.17) is 0 Å². The number of rotatable bonds is 8. The number of nitrogens with one attached hydrogen (secondary N) is 2. The lowest BCUT2D eigenvalue weighted by atomic mass is 9.93. The average molecular weight is 383 g/mol. The van der Waals surface area contributed by atoms with Crippen LogP contribution in [0.25, 0.3) is 5.69 Å². The molecule has 1 saturated heterocycles. The highest BCUT2D eigenvalue weighted by Crippen LogP contribution is 2.24. The van der Waals surface area contributed by atoms with Gasteiger partial charge in [-0.25, -0.2) is 9.48 Å². The normalized spacial score (nSPS) is 15.6. The molecule has 2 heterocycles.